The molecule has 1 N–H and O–H groups in total. The van der Waals surface area contributed by atoms with E-state index in [2.05, 4.69) is 11.8 Å². The largest absolute Gasteiger partial charge is 0.508 e. The SMILES string of the molecule is CCN(CC1CCCCC1)c1ccc(O)cc1. The lowest BCUT2D eigenvalue weighted by molar-refractivity contribution is 0.359. The van der Waals surface area contributed by atoms with Crippen molar-refractivity contribution in [2.75, 3.05) is 18.0 Å². The lowest BCUT2D eigenvalue weighted by atomic mass is 9.89. The fourth-order valence-corrected chi connectivity index (χ4v) is 2.76. The van der Waals surface area contributed by atoms with Crippen LogP contribution in [0.3, 0.4) is 0 Å². The molecule has 0 heterocycles. The number of rotatable bonds is 4. The molecule has 0 radical (unpaired) electrons. The molecule has 2 nitrogen and oxygen atoms in total. The van der Waals surface area contributed by atoms with Crippen LogP contribution in [0.4, 0.5) is 5.69 Å². The Hall–Kier alpha value is -1.18. The summed E-state index contributed by atoms with van der Waals surface area (Å²) >= 11 is 0. The number of nitrogens with zero attached hydrogens (tertiary/aromatic N) is 1. The van der Waals surface area contributed by atoms with Gasteiger partial charge in [-0.2, -0.15) is 0 Å². The van der Waals surface area contributed by atoms with Crippen molar-refractivity contribution in [1.29, 1.82) is 0 Å². The number of benzene rings is 1. The molecule has 0 amide bonds. The number of anilines is 1. The van der Waals surface area contributed by atoms with E-state index >= 15 is 0 Å². The maximum Gasteiger partial charge on any atom is 0.115 e. The number of phenols is 1. The van der Waals surface area contributed by atoms with Crippen LogP contribution in [0.25, 0.3) is 0 Å². The molecule has 1 aliphatic carbocycles. The van der Waals surface area contributed by atoms with E-state index in [0.29, 0.717) is 5.75 Å². The van der Waals surface area contributed by atoms with Gasteiger partial charge in [0.05, 0.1) is 0 Å². The third kappa shape index (κ3) is 3.39. The number of hydrogen-bond donors (Lipinski definition) is 1. The minimum atomic E-state index is 0.350. The van der Waals surface area contributed by atoms with Crippen LogP contribution in [0.1, 0.15) is 39.0 Å². The minimum absolute atomic E-state index is 0.350. The highest BCUT2D eigenvalue weighted by Gasteiger charge is 2.16. The van der Waals surface area contributed by atoms with Crippen LogP contribution in [0.5, 0.6) is 5.75 Å². The first kappa shape index (κ1) is 12.3. The molecule has 1 aliphatic rings. The van der Waals surface area contributed by atoms with Gasteiger partial charge in [-0.1, -0.05) is 19.3 Å². The molecule has 0 unspecified atom stereocenters. The van der Waals surface area contributed by atoms with E-state index in [1.165, 1.54) is 44.3 Å². The summed E-state index contributed by atoms with van der Waals surface area (Å²) in [6.45, 7) is 4.41. The average molecular weight is 233 g/mol. The van der Waals surface area contributed by atoms with Gasteiger partial charge in [0, 0.05) is 18.8 Å². The summed E-state index contributed by atoms with van der Waals surface area (Å²) in [7, 11) is 0. The Labute approximate surface area is 104 Å². The molecule has 94 valence electrons. The number of aromatic hydroxyl groups is 1. The number of hydrogen-bond acceptors (Lipinski definition) is 2. The van der Waals surface area contributed by atoms with Crippen molar-refractivity contribution >= 4 is 5.69 Å². The van der Waals surface area contributed by atoms with Gasteiger partial charge < -0.3 is 10.0 Å². The first-order valence-electron chi connectivity index (χ1n) is 6.83. The molecule has 0 spiro atoms. The van der Waals surface area contributed by atoms with Gasteiger partial charge in [-0.3, -0.25) is 0 Å². The summed E-state index contributed by atoms with van der Waals surface area (Å²) in [5, 5.41) is 9.31. The Morgan fingerprint density at radius 3 is 2.35 bits per heavy atom. The second-order valence-electron chi connectivity index (χ2n) is 5.06. The van der Waals surface area contributed by atoms with E-state index in [1.54, 1.807) is 12.1 Å². The van der Waals surface area contributed by atoms with E-state index in [1.807, 2.05) is 12.1 Å². The van der Waals surface area contributed by atoms with Crippen molar-refractivity contribution in [1.82, 2.24) is 0 Å². The predicted octanol–water partition coefficient (Wildman–Crippen LogP) is 3.80. The maximum atomic E-state index is 9.31. The van der Waals surface area contributed by atoms with Crippen molar-refractivity contribution in [3.8, 4) is 5.75 Å². The Morgan fingerprint density at radius 1 is 1.12 bits per heavy atom. The lowest BCUT2D eigenvalue weighted by Gasteiger charge is -2.30. The minimum Gasteiger partial charge on any atom is -0.508 e. The molecule has 1 saturated carbocycles. The third-order valence-electron chi connectivity index (χ3n) is 3.80. The van der Waals surface area contributed by atoms with Gasteiger partial charge in [0.1, 0.15) is 5.75 Å². The summed E-state index contributed by atoms with van der Waals surface area (Å²) < 4.78 is 0. The van der Waals surface area contributed by atoms with Crippen molar-refractivity contribution in [2.45, 2.75) is 39.0 Å². The molecule has 0 bridgehead atoms. The van der Waals surface area contributed by atoms with Gasteiger partial charge >= 0.3 is 0 Å². The monoisotopic (exact) mass is 233 g/mol. The first-order chi connectivity index (χ1) is 8.29. The predicted molar refractivity (Wildman–Crippen MR) is 72.6 cm³/mol. The van der Waals surface area contributed by atoms with Crippen molar-refractivity contribution in [3.63, 3.8) is 0 Å². The van der Waals surface area contributed by atoms with Crippen molar-refractivity contribution in [2.24, 2.45) is 5.92 Å². The summed E-state index contributed by atoms with van der Waals surface area (Å²) in [5.41, 5.74) is 1.23. The first-order valence-corrected chi connectivity index (χ1v) is 6.83. The van der Waals surface area contributed by atoms with E-state index in [0.717, 1.165) is 12.5 Å². The van der Waals surface area contributed by atoms with E-state index in [-0.39, 0.29) is 0 Å². The Morgan fingerprint density at radius 2 is 1.76 bits per heavy atom. The molecular formula is C15H23NO. The molecule has 0 aromatic heterocycles. The standard InChI is InChI=1S/C15H23NO/c1-2-16(12-13-6-4-3-5-7-13)14-8-10-15(17)11-9-14/h8-11,13,17H,2-7,12H2,1H3. The second kappa shape index (κ2) is 5.95. The molecule has 17 heavy (non-hydrogen) atoms. The summed E-state index contributed by atoms with van der Waals surface area (Å²) in [5.74, 6) is 1.21. The fourth-order valence-electron chi connectivity index (χ4n) is 2.76. The van der Waals surface area contributed by atoms with Crippen LogP contribution in [0.15, 0.2) is 24.3 Å². The molecule has 0 atom stereocenters. The zero-order valence-corrected chi connectivity index (χ0v) is 10.7. The van der Waals surface area contributed by atoms with Crippen LogP contribution < -0.4 is 4.90 Å². The zero-order chi connectivity index (χ0) is 12.1. The summed E-state index contributed by atoms with van der Waals surface area (Å²) in [6, 6.07) is 7.58. The molecule has 1 aromatic carbocycles. The van der Waals surface area contributed by atoms with Crippen LogP contribution in [-0.2, 0) is 0 Å². The van der Waals surface area contributed by atoms with Gasteiger partial charge in [-0.05, 0) is 49.9 Å². The highest BCUT2D eigenvalue weighted by atomic mass is 16.3. The third-order valence-corrected chi connectivity index (χ3v) is 3.80. The van der Waals surface area contributed by atoms with Gasteiger partial charge in [-0.25, -0.2) is 0 Å². The molecule has 1 fully saturated rings. The van der Waals surface area contributed by atoms with E-state index in [9.17, 15) is 5.11 Å². The normalized spacial score (nSPS) is 17.0. The highest BCUT2D eigenvalue weighted by molar-refractivity contribution is 5.48. The van der Waals surface area contributed by atoms with Crippen LogP contribution in [-0.4, -0.2) is 18.2 Å². The van der Waals surface area contributed by atoms with Crippen molar-refractivity contribution < 1.29 is 5.11 Å². The second-order valence-corrected chi connectivity index (χ2v) is 5.06. The lowest BCUT2D eigenvalue weighted by Crippen LogP contribution is -2.30. The van der Waals surface area contributed by atoms with Crippen molar-refractivity contribution in [3.05, 3.63) is 24.3 Å². The zero-order valence-electron chi connectivity index (χ0n) is 10.7. The Balaban J connectivity index is 1.97. The van der Waals surface area contributed by atoms with E-state index < -0.39 is 0 Å². The summed E-state index contributed by atoms with van der Waals surface area (Å²) in [4.78, 5) is 2.43. The number of phenolic OH excluding ortho intramolecular Hbond substituents is 1. The molecule has 2 heteroatoms. The van der Waals surface area contributed by atoms with Gasteiger partial charge in [0.15, 0.2) is 0 Å². The topological polar surface area (TPSA) is 23.5 Å². The smallest absolute Gasteiger partial charge is 0.115 e. The Bertz CT molecular complexity index is 327. The van der Waals surface area contributed by atoms with Gasteiger partial charge in [0.25, 0.3) is 0 Å². The molecule has 1 aromatic rings. The highest BCUT2D eigenvalue weighted by Crippen LogP contribution is 2.27. The summed E-state index contributed by atoms with van der Waals surface area (Å²) in [6.07, 6.45) is 6.99. The van der Waals surface area contributed by atoms with Gasteiger partial charge in [0.2, 0.25) is 0 Å². The van der Waals surface area contributed by atoms with Gasteiger partial charge in [-0.15, -0.1) is 0 Å². The van der Waals surface area contributed by atoms with Crippen LogP contribution in [0.2, 0.25) is 0 Å². The average Bonchev–Trinajstić information content (AvgIpc) is 2.38. The molecule has 0 aliphatic heterocycles. The molecule has 2 rings (SSSR count). The fraction of sp³-hybridized carbons (Fsp3) is 0.600. The molecular weight excluding hydrogens is 210 g/mol. The Kier molecular flexibility index (Phi) is 4.29. The van der Waals surface area contributed by atoms with Crippen LogP contribution in [0, 0.1) is 5.92 Å². The maximum absolute atomic E-state index is 9.31. The van der Waals surface area contributed by atoms with Crippen LogP contribution >= 0.6 is 0 Å². The van der Waals surface area contributed by atoms with E-state index in [4.69, 9.17) is 0 Å². The molecule has 0 saturated heterocycles. The quantitative estimate of drug-likeness (QED) is 0.855.